The molecule has 0 saturated carbocycles. The van der Waals surface area contributed by atoms with Crippen molar-refractivity contribution in [3.63, 3.8) is 0 Å². The third-order valence-corrected chi connectivity index (χ3v) is 3.19. The Bertz CT molecular complexity index is 354. The van der Waals surface area contributed by atoms with Gasteiger partial charge in [0.05, 0.1) is 18.4 Å². The van der Waals surface area contributed by atoms with Gasteiger partial charge in [-0.3, -0.25) is 14.4 Å². The topological polar surface area (TPSA) is 83.9 Å². The van der Waals surface area contributed by atoms with Gasteiger partial charge in [0.15, 0.2) is 0 Å². The van der Waals surface area contributed by atoms with E-state index in [4.69, 9.17) is 9.84 Å². The molecule has 1 heterocycles. The average molecular weight is 257 g/mol. The minimum absolute atomic E-state index is 0.0486. The summed E-state index contributed by atoms with van der Waals surface area (Å²) in [6.07, 6.45) is 0.578. The molecule has 1 amide bonds. The number of carbonyl (C=O) groups excluding carboxylic acids is 2. The molecule has 0 bridgehead atoms. The second-order valence-corrected chi connectivity index (χ2v) is 4.74. The molecule has 1 unspecified atom stereocenters. The monoisotopic (exact) mass is 257 g/mol. The van der Waals surface area contributed by atoms with Gasteiger partial charge in [-0.15, -0.1) is 0 Å². The first-order valence-corrected chi connectivity index (χ1v) is 6.06. The molecule has 6 heteroatoms. The zero-order chi connectivity index (χ0) is 13.8. The summed E-state index contributed by atoms with van der Waals surface area (Å²) in [5, 5.41) is 9.05. The van der Waals surface area contributed by atoms with E-state index in [1.807, 2.05) is 0 Å². The van der Waals surface area contributed by atoms with Crippen molar-refractivity contribution in [1.82, 2.24) is 4.90 Å². The van der Waals surface area contributed by atoms with Crippen LogP contribution in [-0.2, 0) is 19.1 Å². The van der Waals surface area contributed by atoms with Gasteiger partial charge in [0.1, 0.15) is 0 Å². The van der Waals surface area contributed by atoms with E-state index in [9.17, 15) is 14.4 Å². The molecule has 1 atom stereocenters. The lowest BCUT2D eigenvalue weighted by molar-refractivity contribution is -0.148. The van der Waals surface area contributed by atoms with Crippen molar-refractivity contribution in [1.29, 1.82) is 0 Å². The molecule has 0 spiro atoms. The van der Waals surface area contributed by atoms with Crippen LogP contribution in [0.25, 0.3) is 0 Å². The number of ether oxygens (including phenoxy) is 1. The lowest BCUT2D eigenvalue weighted by atomic mass is 9.90. The Kier molecular flexibility index (Phi) is 4.69. The first kappa shape index (κ1) is 14.5. The second kappa shape index (κ2) is 5.84. The number of amides is 1. The van der Waals surface area contributed by atoms with Crippen molar-refractivity contribution in [3.05, 3.63) is 0 Å². The van der Waals surface area contributed by atoms with Gasteiger partial charge in [0.25, 0.3) is 0 Å². The molecule has 0 radical (unpaired) electrons. The third kappa shape index (κ3) is 3.45. The van der Waals surface area contributed by atoms with Crippen LogP contribution in [0.15, 0.2) is 0 Å². The molecular formula is C12H19NO5. The highest BCUT2D eigenvalue weighted by Gasteiger charge is 2.41. The maximum absolute atomic E-state index is 11.8. The van der Waals surface area contributed by atoms with Gasteiger partial charge in [-0.1, -0.05) is 0 Å². The van der Waals surface area contributed by atoms with E-state index in [-0.39, 0.29) is 25.3 Å². The van der Waals surface area contributed by atoms with E-state index < -0.39 is 17.4 Å². The molecule has 1 rings (SSSR count). The highest BCUT2D eigenvalue weighted by molar-refractivity contribution is 5.83. The third-order valence-electron chi connectivity index (χ3n) is 3.19. The normalized spacial score (nSPS) is 22.9. The Labute approximate surface area is 106 Å². The van der Waals surface area contributed by atoms with Crippen molar-refractivity contribution < 1.29 is 24.2 Å². The number of nitrogens with zero attached hydrogens (tertiary/aromatic N) is 1. The van der Waals surface area contributed by atoms with Gasteiger partial charge in [-0.05, 0) is 20.3 Å². The van der Waals surface area contributed by atoms with Crippen molar-refractivity contribution in [2.45, 2.75) is 33.1 Å². The number of carboxylic acids is 1. The maximum atomic E-state index is 11.8. The lowest BCUT2D eigenvalue weighted by Crippen LogP contribution is -2.35. The van der Waals surface area contributed by atoms with E-state index in [0.717, 1.165) is 0 Å². The summed E-state index contributed by atoms with van der Waals surface area (Å²) in [4.78, 5) is 35.4. The van der Waals surface area contributed by atoms with Gasteiger partial charge in [-0.2, -0.15) is 0 Å². The molecule has 1 N–H and O–H groups in total. The van der Waals surface area contributed by atoms with Crippen molar-refractivity contribution in [3.8, 4) is 0 Å². The van der Waals surface area contributed by atoms with E-state index >= 15 is 0 Å². The summed E-state index contributed by atoms with van der Waals surface area (Å²) < 4.78 is 4.73. The number of carbonyl (C=O) groups is 3. The first-order chi connectivity index (χ1) is 8.39. The summed E-state index contributed by atoms with van der Waals surface area (Å²) in [6.45, 7) is 4.29. The van der Waals surface area contributed by atoms with E-state index in [1.54, 1.807) is 13.8 Å². The lowest BCUT2D eigenvalue weighted by Gasteiger charge is -2.20. The van der Waals surface area contributed by atoms with Crippen molar-refractivity contribution in [2.75, 3.05) is 19.7 Å². The SMILES string of the molecule is CCOC(=O)CCC(=O)N1CCC(C)(C(=O)O)C1. The van der Waals surface area contributed by atoms with Gasteiger partial charge < -0.3 is 14.7 Å². The fourth-order valence-corrected chi connectivity index (χ4v) is 1.95. The standard InChI is InChI=1S/C12H19NO5/c1-3-18-10(15)5-4-9(14)13-7-6-12(2,8-13)11(16)17/h3-8H2,1-2H3,(H,16,17). The van der Waals surface area contributed by atoms with Gasteiger partial charge in [0.2, 0.25) is 5.91 Å². The minimum Gasteiger partial charge on any atom is -0.481 e. The molecular weight excluding hydrogens is 238 g/mol. The fourth-order valence-electron chi connectivity index (χ4n) is 1.95. The van der Waals surface area contributed by atoms with E-state index in [0.29, 0.717) is 19.6 Å². The molecule has 1 fully saturated rings. The highest BCUT2D eigenvalue weighted by atomic mass is 16.5. The van der Waals surface area contributed by atoms with Crippen LogP contribution in [0.2, 0.25) is 0 Å². The summed E-state index contributed by atoms with van der Waals surface area (Å²) >= 11 is 0. The Morgan fingerprint density at radius 3 is 2.50 bits per heavy atom. The Hall–Kier alpha value is -1.59. The number of esters is 1. The van der Waals surface area contributed by atoms with Crippen LogP contribution in [0.1, 0.15) is 33.1 Å². The molecule has 0 aromatic carbocycles. The van der Waals surface area contributed by atoms with Crippen LogP contribution in [0.3, 0.4) is 0 Å². The molecule has 102 valence electrons. The molecule has 0 aromatic heterocycles. The number of aliphatic carboxylic acids is 1. The summed E-state index contributed by atoms with van der Waals surface area (Å²) in [6, 6.07) is 0. The van der Waals surface area contributed by atoms with Crippen LogP contribution < -0.4 is 0 Å². The molecule has 18 heavy (non-hydrogen) atoms. The number of rotatable bonds is 5. The summed E-state index contributed by atoms with van der Waals surface area (Å²) in [7, 11) is 0. The molecule has 0 aliphatic carbocycles. The molecule has 0 aromatic rings. The number of likely N-dealkylation sites (tertiary alicyclic amines) is 1. The second-order valence-electron chi connectivity index (χ2n) is 4.74. The number of hydrogen-bond donors (Lipinski definition) is 1. The maximum Gasteiger partial charge on any atom is 0.311 e. The van der Waals surface area contributed by atoms with Gasteiger partial charge >= 0.3 is 11.9 Å². The Morgan fingerprint density at radius 1 is 1.33 bits per heavy atom. The van der Waals surface area contributed by atoms with Gasteiger partial charge in [0, 0.05) is 19.5 Å². The van der Waals surface area contributed by atoms with Crippen molar-refractivity contribution >= 4 is 17.8 Å². The largest absolute Gasteiger partial charge is 0.481 e. The summed E-state index contributed by atoms with van der Waals surface area (Å²) in [5.74, 6) is -1.47. The Morgan fingerprint density at radius 2 is 2.00 bits per heavy atom. The highest BCUT2D eigenvalue weighted by Crippen LogP contribution is 2.30. The molecule has 1 aliphatic rings. The molecule has 1 aliphatic heterocycles. The average Bonchev–Trinajstić information content (AvgIpc) is 2.71. The quantitative estimate of drug-likeness (QED) is 0.731. The fraction of sp³-hybridized carbons (Fsp3) is 0.750. The molecule has 1 saturated heterocycles. The van der Waals surface area contributed by atoms with E-state index in [2.05, 4.69) is 0 Å². The molecule has 6 nitrogen and oxygen atoms in total. The van der Waals surface area contributed by atoms with Gasteiger partial charge in [-0.25, -0.2) is 0 Å². The number of carboxylic acid groups (broad SMARTS) is 1. The summed E-state index contributed by atoms with van der Waals surface area (Å²) in [5.41, 5.74) is -0.862. The predicted molar refractivity (Wildman–Crippen MR) is 62.8 cm³/mol. The zero-order valence-electron chi connectivity index (χ0n) is 10.8. The van der Waals surface area contributed by atoms with Crippen LogP contribution in [0.5, 0.6) is 0 Å². The number of hydrogen-bond acceptors (Lipinski definition) is 4. The van der Waals surface area contributed by atoms with Crippen LogP contribution in [-0.4, -0.2) is 47.5 Å². The zero-order valence-corrected chi connectivity index (χ0v) is 10.8. The predicted octanol–water partition coefficient (Wildman–Crippen LogP) is 0.653. The first-order valence-electron chi connectivity index (χ1n) is 6.06. The van der Waals surface area contributed by atoms with Crippen LogP contribution >= 0.6 is 0 Å². The smallest absolute Gasteiger partial charge is 0.311 e. The van der Waals surface area contributed by atoms with Crippen molar-refractivity contribution in [2.24, 2.45) is 5.41 Å². The van der Waals surface area contributed by atoms with Crippen LogP contribution in [0.4, 0.5) is 0 Å². The van der Waals surface area contributed by atoms with Crippen LogP contribution in [0, 0.1) is 5.41 Å². The van der Waals surface area contributed by atoms with E-state index in [1.165, 1.54) is 4.90 Å². The minimum atomic E-state index is -0.886. The Balaban J connectivity index is 2.41.